The zero-order valence-electron chi connectivity index (χ0n) is 11.0. The van der Waals surface area contributed by atoms with Crippen molar-refractivity contribution >= 4 is 23.6 Å². The first-order chi connectivity index (χ1) is 10.1. The molecule has 0 spiro atoms. The molecule has 2 aromatic carbocycles. The molecule has 2 aromatic rings. The number of nitro benzene ring substituents is 1. The Morgan fingerprint density at radius 3 is 2.52 bits per heavy atom. The first-order valence-electron chi connectivity index (χ1n) is 6.21. The van der Waals surface area contributed by atoms with Gasteiger partial charge in [-0.1, -0.05) is 29.8 Å². The largest absolute Gasteiger partial charge is 0.492 e. The van der Waals surface area contributed by atoms with Gasteiger partial charge >= 0.3 is 0 Å². The van der Waals surface area contributed by atoms with Crippen LogP contribution in [-0.4, -0.2) is 17.8 Å². The third-order valence-corrected chi connectivity index (χ3v) is 3.26. The van der Waals surface area contributed by atoms with Crippen LogP contribution in [0, 0.1) is 10.1 Å². The highest BCUT2D eigenvalue weighted by atomic mass is 35.5. The van der Waals surface area contributed by atoms with Gasteiger partial charge in [0.2, 0.25) is 0 Å². The van der Waals surface area contributed by atoms with Gasteiger partial charge in [0.1, 0.15) is 5.75 Å². The van der Waals surface area contributed by atoms with Crippen LogP contribution >= 0.6 is 11.6 Å². The third-order valence-electron chi connectivity index (χ3n) is 2.93. The molecule has 0 saturated carbocycles. The molecule has 0 fully saturated rings. The summed E-state index contributed by atoms with van der Waals surface area (Å²) < 4.78 is 5.54. The predicted octanol–water partition coefficient (Wildman–Crippen LogP) is 3.68. The van der Waals surface area contributed by atoms with E-state index in [4.69, 9.17) is 16.3 Å². The molecule has 0 aliphatic carbocycles. The monoisotopic (exact) mass is 305 g/mol. The summed E-state index contributed by atoms with van der Waals surface area (Å²) in [6, 6.07) is 11.3. The van der Waals surface area contributed by atoms with Gasteiger partial charge in [0.15, 0.2) is 6.29 Å². The number of ether oxygens (including phenoxy) is 1. The van der Waals surface area contributed by atoms with E-state index in [0.717, 1.165) is 5.56 Å². The minimum atomic E-state index is -0.442. The van der Waals surface area contributed by atoms with Crippen molar-refractivity contribution in [1.82, 2.24) is 0 Å². The Kier molecular flexibility index (Phi) is 4.90. The quantitative estimate of drug-likeness (QED) is 0.464. The fourth-order valence-electron chi connectivity index (χ4n) is 1.82. The van der Waals surface area contributed by atoms with E-state index >= 15 is 0 Å². The number of benzene rings is 2. The average Bonchev–Trinajstić information content (AvgIpc) is 2.48. The summed E-state index contributed by atoms with van der Waals surface area (Å²) in [6.45, 7) is 0.346. The van der Waals surface area contributed by atoms with Crippen LogP contribution < -0.4 is 4.74 Å². The zero-order chi connectivity index (χ0) is 15.2. The van der Waals surface area contributed by atoms with Crippen LogP contribution in [0.3, 0.4) is 0 Å². The molecule has 0 bridgehead atoms. The lowest BCUT2D eigenvalue weighted by Crippen LogP contribution is -2.03. The van der Waals surface area contributed by atoms with Gasteiger partial charge in [0.05, 0.1) is 22.1 Å². The third kappa shape index (κ3) is 3.79. The number of non-ortho nitro benzene ring substituents is 1. The molecule has 0 aliphatic rings. The van der Waals surface area contributed by atoms with Crippen molar-refractivity contribution in [3.8, 4) is 5.75 Å². The number of aldehydes is 1. The molecule has 0 saturated heterocycles. The molecule has 5 nitrogen and oxygen atoms in total. The lowest BCUT2D eigenvalue weighted by molar-refractivity contribution is -0.384. The van der Waals surface area contributed by atoms with Crippen molar-refractivity contribution in [2.24, 2.45) is 0 Å². The molecule has 6 heteroatoms. The van der Waals surface area contributed by atoms with Crippen LogP contribution in [0.5, 0.6) is 5.75 Å². The Hall–Kier alpha value is -2.40. The van der Waals surface area contributed by atoms with E-state index in [2.05, 4.69) is 0 Å². The summed E-state index contributed by atoms with van der Waals surface area (Å²) in [5.41, 5.74) is 1.29. The van der Waals surface area contributed by atoms with Gasteiger partial charge in [-0.15, -0.1) is 0 Å². The summed E-state index contributed by atoms with van der Waals surface area (Å²) >= 11 is 5.90. The van der Waals surface area contributed by atoms with Crippen molar-refractivity contribution in [2.75, 3.05) is 6.61 Å². The number of halogens is 1. The molecule has 0 aliphatic heterocycles. The zero-order valence-corrected chi connectivity index (χ0v) is 11.7. The van der Waals surface area contributed by atoms with E-state index < -0.39 is 4.92 Å². The topological polar surface area (TPSA) is 69.4 Å². The molecule has 0 radical (unpaired) electrons. The first-order valence-corrected chi connectivity index (χ1v) is 6.59. The van der Waals surface area contributed by atoms with Gasteiger partial charge in [0, 0.05) is 18.6 Å². The second-order valence-electron chi connectivity index (χ2n) is 4.29. The Bertz CT molecular complexity index is 655. The van der Waals surface area contributed by atoms with Crippen LogP contribution in [0.2, 0.25) is 5.02 Å². The molecule has 0 heterocycles. The minimum absolute atomic E-state index is 0.0535. The molecule has 0 amide bonds. The van der Waals surface area contributed by atoms with Crippen LogP contribution in [0.25, 0.3) is 0 Å². The number of rotatable bonds is 6. The predicted molar refractivity (Wildman–Crippen MR) is 79.1 cm³/mol. The van der Waals surface area contributed by atoms with E-state index in [1.54, 1.807) is 30.3 Å². The van der Waals surface area contributed by atoms with Gasteiger partial charge in [-0.05, 0) is 17.7 Å². The maximum absolute atomic E-state index is 11.0. The van der Waals surface area contributed by atoms with Crippen molar-refractivity contribution in [1.29, 1.82) is 0 Å². The van der Waals surface area contributed by atoms with Crippen molar-refractivity contribution in [3.05, 3.63) is 68.7 Å². The van der Waals surface area contributed by atoms with Crippen molar-refractivity contribution in [3.63, 3.8) is 0 Å². The summed E-state index contributed by atoms with van der Waals surface area (Å²) in [4.78, 5) is 21.1. The summed E-state index contributed by atoms with van der Waals surface area (Å²) in [6.07, 6.45) is 1.23. The van der Waals surface area contributed by atoms with E-state index in [1.807, 2.05) is 0 Å². The molecular weight excluding hydrogens is 294 g/mol. The van der Waals surface area contributed by atoms with E-state index in [-0.39, 0.29) is 5.69 Å². The van der Waals surface area contributed by atoms with Crippen molar-refractivity contribution < 1.29 is 14.5 Å². The molecule has 21 heavy (non-hydrogen) atoms. The lowest BCUT2D eigenvalue weighted by Gasteiger charge is -2.09. The Morgan fingerprint density at radius 2 is 1.90 bits per heavy atom. The summed E-state index contributed by atoms with van der Waals surface area (Å²) in [7, 11) is 0. The van der Waals surface area contributed by atoms with Crippen LogP contribution in [-0.2, 0) is 6.42 Å². The van der Waals surface area contributed by atoms with Crippen LogP contribution in [0.1, 0.15) is 15.9 Å². The fourth-order valence-corrected chi connectivity index (χ4v) is 2.03. The van der Waals surface area contributed by atoms with Crippen molar-refractivity contribution in [2.45, 2.75) is 6.42 Å². The lowest BCUT2D eigenvalue weighted by atomic mass is 10.1. The molecule has 0 unspecified atom stereocenters. The number of carbonyl (C=O) groups is 1. The van der Waals surface area contributed by atoms with Gasteiger partial charge in [-0.25, -0.2) is 0 Å². The summed E-state index contributed by atoms with van der Waals surface area (Å²) in [5.74, 6) is 0.430. The molecule has 0 aromatic heterocycles. The highest BCUT2D eigenvalue weighted by Crippen LogP contribution is 2.24. The van der Waals surface area contributed by atoms with Gasteiger partial charge in [-0.2, -0.15) is 0 Å². The molecule has 0 atom stereocenters. The normalized spacial score (nSPS) is 10.1. The maximum atomic E-state index is 11.0. The molecule has 108 valence electrons. The number of hydrogen-bond donors (Lipinski definition) is 0. The smallest absolute Gasteiger partial charge is 0.269 e. The number of carbonyl (C=O) groups excluding carboxylic acids is 1. The number of nitro groups is 1. The molecular formula is C15H12ClNO4. The minimum Gasteiger partial charge on any atom is -0.492 e. The maximum Gasteiger partial charge on any atom is 0.269 e. The fraction of sp³-hybridized carbons (Fsp3) is 0.133. The second kappa shape index (κ2) is 6.85. The van der Waals surface area contributed by atoms with Gasteiger partial charge in [0.25, 0.3) is 5.69 Å². The van der Waals surface area contributed by atoms with E-state index in [9.17, 15) is 14.9 Å². The summed E-state index contributed by atoms with van der Waals surface area (Å²) in [5, 5.41) is 10.9. The second-order valence-corrected chi connectivity index (χ2v) is 4.70. The Balaban J connectivity index is 1.97. The highest BCUT2D eigenvalue weighted by Gasteiger charge is 2.08. The van der Waals surface area contributed by atoms with E-state index in [0.29, 0.717) is 35.6 Å². The number of nitrogens with zero attached hydrogens (tertiary/aromatic N) is 1. The van der Waals surface area contributed by atoms with Gasteiger partial charge < -0.3 is 4.74 Å². The Morgan fingerprint density at radius 1 is 1.19 bits per heavy atom. The van der Waals surface area contributed by atoms with Gasteiger partial charge in [-0.3, -0.25) is 14.9 Å². The van der Waals surface area contributed by atoms with Crippen LogP contribution in [0.4, 0.5) is 5.69 Å². The Labute approximate surface area is 126 Å². The SMILES string of the molecule is O=Cc1c(Cl)cccc1OCCc1ccc([N+](=O)[O-])cc1. The molecule has 2 rings (SSSR count). The van der Waals surface area contributed by atoms with E-state index in [1.165, 1.54) is 12.1 Å². The number of hydrogen-bond acceptors (Lipinski definition) is 4. The average molecular weight is 306 g/mol. The highest BCUT2D eigenvalue weighted by molar-refractivity contribution is 6.33. The standard InChI is InChI=1S/C15H12ClNO4/c16-14-2-1-3-15(13(14)10-18)21-9-8-11-4-6-12(7-5-11)17(19)20/h1-7,10H,8-9H2. The van der Waals surface area contributed by atoms with Crippen LogP contribution in [0.15, 0.2) is 42.5 Å². The molecule has 0 N–H and O–H groups in total. The first kappa shape index (κ1) is 15.0.